The van der Waals surface area contributed by atoms with Crippen LogP contribution in [-0.4, -0.2) is 79.3 Å². The van der Waals surface area contributed by atoms with Crippen molar-refractivity contribution in [2.75, 3.05) is 33.5 Å². The summed E-state index contributed by atoms with van der Waals surface area (Å²) in [5, 5.41) is 0. The van der Waals surface area contributed by atoms with Gasteiger partial charge in [0.15, 0.2) is 0 Å². The first-order chi connectivity index (χ1) is 29.2. The Morgan fingerprint density at radius 2 is 0.867 bits per heavy atom. The van der Waals surface area contributed by atoms with Crippen molar-refractivity contribution in [3.8, 4) is 5.75 Å². The zero-order chi connectivity index (χ0) is 42.4. The minimum Gasteiger partial charge on any atom is -0.497 e. The third-order valence-corrected chi connectivity index (χ3v) is 11.9. The van der Waals surface area contributed by atoms with Crippen LogP contribution in [0.2, 0.25) is 0 Å². The lowest BCUT2D eigenvalue weighted by Crippen LogP contribution is -2.88. The van der Waals surface area contributed by atoms with Crippen LogP contribution in [-0.2, 0) is 51.2 Å². The molecule has 0 radical (unpaired) electrons. The third-order valence-electron chi connectivity index (χ3n) is 11.9. The van der Waals surface area contributed by atoms with E-state index < -0.39 is 58.6 Å². The van der Waals surface area contributed by atoms with Crippen molar-refractivity contribution in [3.63, 3.8) is 0 Å². The second kappa shape index (κ2) is 17.9. The van der Waals surface area contributed by atoms with E-state index in [0.29, 0.717) is 16.9 Å². The topological polar surface area (TPSA) is 121 Å². The van der Waals surface area contributed by atoms with E-state index in [4.69, 9.17) is 23.7 Å². The van der Waals surface area contributed by atoms with Crippen LogP contribution in [0, 0.1) is 10.8 Å². The molecule has 11 heteroatoms. The van der Waals surface area contributed by atoms with Gasteiger partial charge in [-0.05, 0) is 62.1 Å². The summed E-state index contributed by atoms with van der Waals surface area (Å²) in [6.45, 7) is 7.53. The number of fused-ring (bicyclic) bond motifs is 4. The molecule has 0 aromatic heterocycles. The van der Waals surface area contributed by atoms with E-state index in [0.717, 1.165) is 11.1 Å². The molecule has 1 saturated carbocycles. The first kappa shape index (κ1) is 41.8. The van der Waals surface area contributed by atoms with Gasteiger partial charge in [0.25, 0.3) is 0 Å². The molecular formula is C49H52N2O9. The van der Waals surface area contributed by atoms with Crippen molar-refractivity contribution in [1.82, 2.24) is 9.80 Å². The predicted octanol–water partition coefficient (Wildman–Crippen LogP) is 7.34. The second-order valence-electron chi connectivity index (χ2n) is 15.1. The van der Waals surface area contributed by atoms with Gasteiger partial charge in [0, 0.05) is 37.3 Å². The summed E-state index contributed by atoms with van der Waals surface area (Å²) >= 11 is 0. The third kappa shape index (κ3) is 6.99. The van der Waals surface area contributed by atoms with E-state index >= 15 is 9.59 Å². The Kier molecular flexibility index (Phi) is 12.4. The summed E-state index contributed by atoms with van der Waals surface area (Å²) in [6.07, 6.45) is 3.49. The number of carbonyl (C=O) groups is 4. The van der Waals surface area contributed by atoms with Gasteiger partial charge in [0.2, 0.25) is 0 Å². The molecule has 4 aromatic carbocycles. The van der Waals surface area contributed by atoms with Crippen molar-refractivity contribution < 1.29 is 42.9 Å². The first-order valence-corrected chi connectivity index (χ1v) is 20.6. The molecule has 2 heterocycles. The SMILES string of the molecule is CCOC(=O)C1=CN(Cc2ccccc2)[C@H]2[C@@](C(=O)OCC)(C1c1ccccc1)[C@H]1N(Cc3ccccc3)C=C(C(=O)OCC)C(c3ccc(OC)cc3)[C@]12C(=O)OCC. The Bertz CT molecular complexity index is 2220. The molecule has 0 amide bonds. The standard InChI is InChI=1S/C49H52N2O9/c1-6-57-42(52)38-31-50(29-33-19-13-10-14-20-33)44-48(46(54)59-8-3,40(38)35-23-17-12-18-24-35)45-49(44,47(55)60-9-4)41(36-25-27-37(56-5)28-26-36)39(43(53)58-7-2)32-51(45)30-34-21-15-11-16-22-34/h10-28,31-32,40-41,44-45H,6-9,29-30H2,1-5H3/t40?,41?,44-,45+,48-,49+/m0/s1. The van der Waals surface area contributed by atoms with Crippen molar-refractivity contribution in [3.05, 3.63) is 161 Å². The second-order valence-corrected chi connectivity index (χ2v) is 15.1. The molecule has 0 bridgehead atoms. The van der Waals surface area contributed by atoms with E-state index in [1.807, 2.05) is 113 Å². The van der Waals surface area contributed by atoms with Gasteiger partial charge < -0.3 is 33.5 Å². The number of esters is 4. The van der Waals surface area contributed by atoms with E-state index in [2.05, 4.69) is 0 Å². The molecule has 1 aliphatic carbocycles. The van der Waals surface area contributed by atoms with Crippen molar-refractivity contribution >= 4 is 23.9 Å². The zero-order valence-electron chi connectivity index (χ0n) is 34.7. The molecule has 2 unspecified atom stereocenters. The number of carbonyl (C=O) groups excluding carboxylic acids is 4. The molecule has 312 valence electrons. The van der Waals surface area contributed by atoms with Gasteiger partial charge in [-0.15, -0.1) is 0 Å². The van der Waals surface area contributed by atoms with Crippen LogP contribution in [0.3, 0.4) is 0 Å². The number of rotatable bonds is 15. The van der Waals surface area contributed by atoms with Gasteiger partial charge in [0.1, 0.15) is 16.6 Å². The first-order valence-electron chi connectivity index (χ1n) is 20.6. The van der Waals surface area contributed by atoms with E-state index in [-0.39, 0.29) is 50.7 Å². The number of nitrogens with zero attached hydrogens (tertiary/aromatic N) is 2. The molecule has 2 aliphatic heterocycles. The summed E-state index contributed by atoms with van der Waals surface area (Å²) in [7, 11) is 1.57. The molecule has 6 atom stereocenters. The highest BCUT2D eigenvalue weighted by molar-refractivity contribution is 6.01. The summed E-state index contributed by atoms with van der Waals surface area (Å²) < 4.78 is 29.6. The minimum absolute atomic E-state index is 0.0175. The molecule has 1 fully saturated rings. The molecular weight excluding hydrogens is 761 g/mol. The number of benzene rings is 4. The molecule has 11 nitrogen and oxygen atoms in total. The maximum Gasteiger partial charge on any atom is 0.336 e. The summed E-state index contributed by atoms with van der Waals surface area (Å²) in [4.78, 5) is 64.5. The van der Waals surface area contributed by atoms with Crippen LogP contribution in [0.5, 0.6) is 5.75 Å². The number of hydrogen-bond acceptors (Lipinski definition) is 11. The van der Waals surface area contributed by atoms with Gasteiger partial charge in [-0.2, -0.15) is 0 Å². The van der Waals surface area contributed by atoms with E-state index in [1.165, 1.54) is 0 Å². The summed E-state index contributed by atoms with van der Waals surface area (Å²) in [5.74, 6) is -3.83. The van der Waals surface area contributed by atoms with Crippen LogP contribution >= 0.6 is 0 Å². The van der Waals surface area contributed by atoms with Gasteiger partial charge in [-0.1, -0.05) is 103 Å². The highest BCUT2D eigenvalue weighted by Gasteiger charge is 2.87. The van der Waals surface area contributed by atoms with Crippen LogP contribution in [0.1, 0.15) is 61.8 Å². The lowest BCUT2D eigenvalue weighted by atomic mass is 9.33. The maximum atomic E-state index is 15.8. The molecule has 60 heavy (non-hydrogen) atoms. The quantitative estimate of drug-likeness (QED) is 0.0886. The van der Waals surface area contributed by atoms with Gasteiger partial charge in [-0.3, -0.25) is 9.59 Å². The Labute approximate surface area is 351 Å². The smallest absolute Gasteiger partial charge is 0.336 e. The average Bonchev–Trinajstić information content (AvgIpc) is 3.26. The van der Waals surface area contributed by atoms with E-state index in [9.17, 15) is 9.59 Å². The lowest BCUT2D eigenvalue weighted by molar-refractivity contribution is -0.252. The fourth-order valence-corrected chi connectivity index (χ4v) is 10.1. The molecule has 0 saturated heterocycles. The van der Waals surface area contributed by atoms with Gasteiger partial charge >= 0.3 is 23.9 Å². The Morgan fingerprint density at radius 1 is 0.500 bits per heavy atom. The summed E-state index contributed by atoms with van der Waals surface area (Å²) in [5.41, 5.74) is 0.0443. The monoisotopic (exact) mass is 812 g/mol. The van der Waals surface area contributed by atoms with Gasteiger partial charge in [-0.25, -0.2) is 9.59 Å². The Balaban J connectivity index is 1.66. The van der Waals surface area contributed by atoms with Gasteiger partial charge in [0.05, 0.1) is 56.8 Å². The lowest BCUT2D eigenvalue weighted by Gasteiger charge is -2.75. The number of hydrogen-bond donors (Lipinski definition) is 0. The van der Waals surface area contributed by atoms with Crippen LogP contribution < -0.4 is 4.74 Å². The normalized spacial score (nSPS) is 24.0. The maximum absolute atomic E-state index is 15.8. The summed E-state index contributed by atoms with van der Waals surface area (Å²) in [6, 6.07) is 33.8. The van der Waals surface area contributed by atoms with Crippen molar-refractivity contribution in [1.29, 1.82) is 0 Å². The largest absolute Gasteiger partial charge is 0.497 e. The average molecular weight is 813 g/mol. The Hall–Kier alpha value is -6.36. The number of methoxy groups -OCH3 is 1. The van der Waals surface area contributed by atoms with Crippen molar-refractivity contribution in [2.24, 2.45) is 10.8 Å². The molecule has 7 rings (SSSR count). The zero-order valence-corrected chi connectivity index (χ0v) is 34.7. The van der Waals surface area contributed by atoms with Crippen LogP contribution in [0.25, 0.3) is 0 Å². The van der Waals surface area contributed by atoms with E-state index in [1.54, 1.807) is 59.3 Å². The highest BCUT2D eigenvalue weighted by atomic mass is 16.5. The Morgan fingerprint density at radius 3 is 1.23 bits per heavy atom. The fourth-order valence-electron chi connectivity index (χ4n) is 10.1. The molecule has 3 aliphatic rings. The molecule has 4 aromatic rings. The predicted molar refractivity (Wildman–Crippen MR) is 224 cm³/mol. The highest BCUT2D eigenvalue weighted by Crippen LogP contribution is 2.75. The minimum atomic E-state index is -1.71. The molecule has 0 N–H and O–H groups in total. The van der Waals surface area contributed by atoms with Crippen LogP contribution in [0.15, 0.2) is 139 Å². The molecule has 0 spiro atoms. The fraction of sp³-hybridized carbons (Fsp3) is 0.347. The number of ether oxygens (including phenoxy) is 5. The van der Waals surface area contributed by atoms with Crippen LogP contribution in [0.4, 0.5) is 0 Å². The van der Waals surface area contributed by atoms with Crippen molar-refractivity contribution in [2.45, 2.75) is 64.7 Å².